The van der Waals surface area contributed by atoms with Crippen molar-refractivity contribution in [3.63, 3.8) is 0 Å². The van der Waals surface area contributed by atoms with Crippen LogP contribution in [0.3, 0.4) is 0 Å². The molecule has 0 saturated carbocycles. The van der Waals surface area contributed by atoms with Crippen LogP contribution in [0, 0.1) is 17.2 Å². The highest BCUT2D eigenvalue weighted by molar-refractivity contribution is 9.10. The summed E-state index contributed by atoms with van der Waals surface area (Å²) in [4.78, 5) is 2.26. The Morgan fingerprint density at radius 3 is 2.94 bits per heavy atom. The van der Waals surface area contributed by atoms with Crippen LogP contribution in [-0.4, -0.2) is 29.2 Å². The Kier molecular flexibility index (Phi) is 4.39. The molecule has 1 N–H and O–H groups in total. The van der Waals surface area contributed by atoms with E-state index >= 15 is 0 Å². The number of β-amino-alcohol motifs (C(OH)–C–C–N with tert-alkyl or cyclic N) is 1. The van der Waals surface area contributed by atoms with E-state index in [1.165, 1.54) is 0 Å². The minimum atomic E-state index is -0.226. The minimum Gasteiger partial charge on any atom is -0.392 e. The van der Waals surface area contributed by atoms with Crippen LogP contribution < -0.4 is 0 Å². The number of aliphatic hydroxyl groups is 1. The average Bonchev–Trinajstić information content (AvgIpc) is 2.36. The molecule has 0 radical (unpaired) electrons. The first kappa shape index (κ1) is 13.5. The molecule has 1 heterocycles. The number of hydrogen-bond donors (Lipinski definition) is 1. The van der Waals surface area contributed by atoms with Gasteiger partial charge in [-0.05, 0) is 36.6 Å². The van der Waals surface area contributed by atoms with E-state index in [4.69, 9.17) is 5.26 Å². The van der Waals surface area contributed by atoms with Gasteiger partial charge in [-0.1, -0.05) is 28.9 Å². The van der Waals surface area contributed by atoms with Crippen molar-refractivity contribution in [2.45, 2.75) is 26.0 Å². The maximum Gasteiger partial charge on any atom is 0.0992 e. The van der Waals surface area contributed by atoms with Gasteiger partial charge >= 0.3 is 0 Å². The molecule has 18 heavy (non-hydrogen) atoms. The lowest BCUT2D eigenvalue weighted by atomic mass is 9.96. The smallest absolute Gasteiger partial charge is 0.0992 e. The predicted octanol–water partition coefficient (Wildman–Crippen LogP) is 2.52. The topological polar surface area (TPSA) is 47.3 Å². The number of piperidine rings is 1. The highest BCUT2D eigenvalue weighted by Gasteiger charge is 2.24. The summed E-state index contributed by atoms with van der Waals surface area (Å²) >= 11 is 3.50. The average molecular weight is 309 g/mol. The number of halogens is 1. The summed E-state index contributed by atoms with van der Waals surface area (Å²) in [5.74, 6) is 0.394. The number of nitrogens with zero attached hydrogens (tertiary/aromatic N) is 2. The number of rotatable bonds is 2. The lowest BCUT2D eigenvalue weighted by Crippen LogP contribution is -2.42. The summed E-state index contributed by atoms with van der Waals surface area (Å²) in [6, 6.07) is 7.79. The summed E-state index contributed by atoms with van der Waals surface area (Å²) in [6.07, 6.45) is 0.811. The van der Waals surface area contributed by atoms with E-state index in [9.17, 15) is 5.11 Å². The van der Waals surface area contributed by atoms with Crippen molar-refractivity contribution in [1.29, 1.82) is 5.26 Å². The molecule has 3 nitrogen and oxygen atoms in total. The van der Waals surface area contributed by atoms with Crippen LogP contribution in [0.1, 0.15) is 24.5 Å². The van der Waals surface area contributed by atoms with E-state index in [-0.39, 0.29) is 6.10 Å². The second-order valence-electron chi connectivity index (χ2n) is 4.99. The number of nitriles is 1. The molecular weight excluding hydrogens is 292 g/mol. The first-order valence-corrected chi connectivity index (χ1v) is 6.98. The van der Waals surface area contributed by atoms with Crippen LogP contribution in [0.4, 0.5) is 0 Å². The third-order valence-electron chi connectivity index (χ3n) is 3.58. The predicted molar refractivity (Wildman–Crippen MR) is 73.9 cm³/mol. The first-order chi connectivity index (χ1) is 8.60. The SMILES string of the molecule is C[C@@H]1CCN(Cc2ccc(C#N)cc2Br)C[C@@H]1O. The molecule has 1 aliphatic rings. The second-order valence-corrected chi connectivity index (χ2v) is 5.84. The van der Waals surface area contributed by atoms with Crippen molar-refractivity contribution in [2.75, 3.05) is 13.1 Å². The van der Waals surface area contributed by atoms with Crippen molar-refractivity contribution in [1.82, 2.24) is 4.90 Å². The lowest BCUT2D eigenvalue weighted by Gasteiger charge is -2.34. The summed E-state index contributed by atoms with van der Waals surface area (Å²) in [7, 11) is 0. The maximum atomic E-state index is 9.88. The molecule has 4 heteroatoms. The molecule has 1 aromatic carbocycles. The molecule has 0 bridgehead atoms. The highest BCUT2D eigenvalue weighted by Crippen LogP contribution is 2.23. The van der Waals surface area contributed by atoms with Gasteiger partial charge < -0.3 is 5.11 Å². The first-order valence-electron chi connectivity index (χ1n) is 6.19. The number of aliphatic hydroxyl groups excluding tert-OH is 1. The Hall–Kier alpha value is -0.890. The summed E-state index contributed by atoms with van der Waals surface area (Å²) in [5, 5.41) is 18.7. The highest BCUT2D eigenvalue weighted by atomic mass is 79.9. The van der Waals surface area contributed by atoms with Gasteiger partial charge in [-0.15, -0.1) is 0 Å². The summed E-state index contributed by atoms with van der Waals surface area (Å²) in [5.41, 5.74) is 1.83. The van der Waals surface area contributed by atoms with E-state index in [2.05, 4.69) is 33.8 Å². The summed E-state index contributed by atoms with van der Waals surface area (Å²) in [6.45, 7) is 4.66. The number of hydrogen-bond acceptors (Lipinski definition) is 3. The third-order valence-corrected chi connectivity index (χ3v) is 4.32. The zero-order valence-corrected chi connectivity index (χ0v) is 12.0. The van der Waals surface area contributed by atoms with Crippen molar-refractivity contribution in [3.8, 4) is 6.07 Å². The van der Waals surface area contributed by atoms with Crippen LogP contribution >= 0.6 is 15.9 Å². The molecule has 1 aliphatic heterocycles. The molecule has 1 fully saturated rings. The number of benzene rings is 1. The van der Waals surface area contributed by atoms with Gasteiger partial charge in [-0.25, -0.2) is 0 Å². The normalized spacial score (nSPS) is 24.8. The maximum absolute atomic E-state index is 9.88. The fraction of sp³-hybridized carbons (Fsp3) is 0.500. The molecular formula is C14H17BrN2O. The molecule has 2 rings (SSSR count). The van der Waals surface area contributed by atoms with E-state index in [0.717, 1.165) is 36.1 Å². The molecule has 0 spiro atoms. The second kappa shape index (κ2) is 5.83. The van der Waals surface area contributed by atoms with Crippen molar-refractivity contribution >= 4 is 15.9 Å². The van der Waals surface area contributed by atoms with Gasteiger partial charge in [-0.2, -0.15) is 5.26 Å². The van der Waals surface area contributed by atoms with Gasteiger partial charge in [0.2, 0.25) is 0 Å². The molecule has 0 aliphatic carbocycles. The molecule has 1 saturated heterocycles. The van der Waals surface area contributed by atoms with Gasteiger partial charge in [0.25, 0.3) is 0 Å². The van der Waals surface area contributed by atoms with Gasteiger partial charge in [0.15, 0.2) is 0 Å². The molecule has 0 unspecified atom stereocenters. The van der Waals surface area contributed by atoms with Gasteiger partial charge in [0.1, 0.15) is 0 Å². The zero-order chi connectivity index (χ0) is 13.1. The Labute approximate surface area is 116 Å². The fourth-order valence-corrected chi connectivity index (χ4v) is 2.75. The van der Waals surface area contributed by atoms with E-state index in [0.29, 0.717) is 11.5 Å². The molecule has 1 aromatic rings. The van der Waals surface area contributed by atoms with Crippen molar-refractivity contribution in [2.24, 2.45) is 5.92 Å². The zero-order valence-electron chi connectivity index (χ0n) is 10.4. The Bertz CT molecular complexity index is 469. The van der Waals surface area contributed by atoms with Gasteiger partial charge in [0, 0.05) is 17.6 Å². The third kappa shape index (κ3) is 3.11. The Balaban J connectivity index is 2.04. The molecule has 96 valence electrons. The fourth-order valence-electron chi connectivity index (χ4n) is 2.24. The largest absolute Gasteiger partial charge is 0.392 e. The quantitative estimate of drug-likeness (QED) is 0.913. The number of likely N-dealkylation sites (tertiary alicyclic amines) is 1. The van der Waals surface area contributed by atoms with E-state index in [1.54, 1.807) is 0 Å². The van der Waals surface area contributed by atoms with Crippen molar-refractivity contribution < 1.29 is 5.11 Å². The van der Waals surface area contributed by atoms with Gasteiger partial charge in [-0.3, -0.25) is 4.90 Å². The molecule has 0 aromatic heterocycles. The summed E-state index contributed by atoms with van der Waals surface area (Å²) < 4.78 is 0.967. The van der Waals surface area contributed by atoms with Crippen LogP contribution in [0.25, 0.3) is 0 Å². The minimum absolute atomic E-state index is 0.226. The Morgan fingerprint density at radius 1 is 1.56 bits per heavy atom. The molecule has 0 amide bonds. The Morgan fingerprint density at radius 2 is 2.33 bits per heavy atom. The van der Waals surface area contributed by atoms with E-state index < -0.39 is 0 Å². The van der Waals surface area contributed by atoms with E-state index in [1.807, 2.05) is 18.2 Å². The monoisotopic (exact) mass is 308 g/mol. The van der Waals surface area contributed by atoms with Crippen LogP contribution in [0.2, 0.25) is 0 Å². The van der Waals surface area contributed by atoms with Crippen LogP contribution in [0.5, 0.6) is 0 Å². The lowest BCUT2D eigenvalue weighted by molar-refractivity contribution is 0.0258. The van der Waals surface area contributed by atoms with Crippen molar-refractivity contribution in [3.05, 3.63) is 33.8 Å². The molecule has 2 atom stereocenters. The van der Waals surface area contributed by atoms with Crippen LogP contribution in [-0.2, 0) is 6.54 Å². The van der Waals surface area contributed by atoms with Crippen LogP contribution in [0.15, 0.2) is 22.7 Å². The van der Waals surface area contributed by atoms with Gasteiger partial charge in [0.05, 0.1) is 17.7 Å². The standard InChI is InChI=1S/C14H17BrN2O/c1-10-4-5-17(9-14(10)18)8-12-3-2-11(7-16)6-13(12)15/h2-3,6,10,14,18H,4-5,8-9H2,1H3/t10-,14+/m1/s1.